The number of nitrogens with zero attached hydrogens (tertiary/aromatic N) is 7. The van der Waals surface area contributed by atoms with Gasteiger partial charge in [0.15, 0.2) is 17.0 Å². The molecule has 1 saturated heterocycles. The van der Waals surface area contributed by atoms with Crippen LogP contribution in [-0.2, 0) is 11.3 Å². The van der Waals surface area contributed by atoms with E-state index in [1.165, 1.54) is 11.6 Å². The number of aromatic nitrogens is 6. The standard InChI is InChI=1S/C26H31N9O/c1-4-22(36)29-20-11-8-12-33(15-20)26-31-24(23-25(32-26)35(17-27-23)18(2)3)30-21-13-28-34(16-21)14-19-9-6-5-7-10-19/h4-7,9-10,13,16-18,20H,1,8,11-12,14-15H2,2-3H3,(H,29,36)(H,30,31,32)/t20-/m0/s1. The van der Waals surface area contributed by atoms with Gasteiger partial charge in [0.25, 0.3) is 0 Å². The van der Waals surface area contributed by atoms with Crippen molar-refractivity contribution in [2.45, 2.75) is 45.3 Å². The number of hydrogen-bond acceptors (Lipinski definition) is 7. The van der Waals surface area contributed by atoms with Gasteiger partial charge in [-0.25, -0.2) is 4.98 Å². The summed E-state index contributed by atoms with van der Waals surface area (Å²) in [6.45, 7) is 9.90. The maximum absolute atomic E-state index is 11.8. The van der Waals surface area contributed by atoms with Crippen molar-refractivity contribution < 1.29 is 4.79 Å². The molecule has 1 aromatic carbocycles. The second-order valence-corrected chi connectivity index (χ2v) is 9.33. The summed E-state index contributed by atoms with van der Waals surface area (Å²) in [4.78, 5) is 28.4. The van der Waals surface area contributed by atoms with Crippen LogP contribution in [0.2, 0.25) is 0 Å². The Morgan fingerprint density at radius 3 is 2.86 bits per heavy atom. The van der Waals surface area contributed by atoms with Gasteiger partial charge in [-0.3, -0.25) is 9.48 Å². The van der Waals surface area contributed by atoms with Gasteiger partial charge in [-0.15, -0.1) is 0 Å². The van der Waals surface area contributed by atoms with Crippen LogP contribution in [0.4, 0.5) is 17.5 Å². The summed E-state index contributed by atoms with van der Waals surface area (Å²) in [6, 6.07) is 10.4. The van der Waals surface area contributed by atoms with Crippen LogP contribution in [0, 0.1) is 0 Å². The number of amides is 1. The van der Waals surface area contributed by atoms with Gasteiger partial charge in [0.1, 0.15) is 0 Å². The van der Waals surface area contributed by atoms with E-state index in [-0.39, 0.29) is 18.0 Å². The SMILES string of the molecule is C=CC(=O)N[C@H]1CCCN(c2nc(Nc3cnn(Cc4ccccc4)c3)c3ncn(C(C)C)c3n2)C1. The lowest BCUT2D eigenvalue weighted by Crippen LogP contribution is -2.48. The molecule has 36 heavy (non-hydrogen) atoms. The maximum Gasteiger partial charge on any atom is 0.243 e. The predicted molar refractivity (Wildman–Crippen MR) is 140 cm³/mol. The zero-order chi connectivity index (χ0) is 25.1. The molecule has 0 saturated carbocycles. The summed E-state index contributed by atoms with van der Waals surface area (Å²) < 4.78 is 3.94. The molecule has 1 aliphatic heterocycles. The van der Waals surface area contributed by atoms with E-state index >= 15 is 0 Å². The average Bonchev–Trinajstić information content (AvgIpc) is 3.51. The molecule has 0 radical (unpaired) electrons. The summed E-state index contributed by atoms with van der Waals surface area (Å²) in [5.41, 5.74) is 3.48. The molecule has 1 amide bonds. The number of benzene rings is 1. The number of hydrogen-bond donors (Lipinski definition) is 2. The van der Waals surface area contributed by atoms with Crippen molar-refractivity contribution in [1.29, 1.82) is 0 Å². The molecule has 0 spiro atoms. The summed E-state index contributed by atoms with van der Waals surface area (Å²) >= 11 is 0. The van der Waals surface area contributed by atoms with Gasteiger partial charge in [-0.2, -0.15) is 15.1 Å². The predicted octanol–water partition coefficient (Wildman–Crippen LogP) is 3.67. The van der Waals surface area contributed by atoms with E-state index in [9.17, 15) is 4.79 Å². The summed E-state index contributed by atoms with van der Waals surface area (Å²) in [6.07, 6.45) is 8.71. The van der Waals surface area contributed by atoms with Crippen LogP contribution in [0.5, 0.6) is 0 Å². The van der Waals surface area contributed by atoms with Crippen molar-refractivity contribution in [1.82, 2.24) is 34.6 Å². The molecule has 186 valence electrons. The lowest BCUT2D eigenvalue weighted by molar-refractivity contribution is -0.117. The molecular formula is C26H31N9O. The molecule has 10 heteroatoms. The minimum absolute atomic E-state index is 0.0196. The monoisotopic (exact) mass is 485 g/mol. The van der Waals surface area contributed by atoms with Gasteiger partial charge in [0.05, 0.1) is 24.8 Å². The highest BCUT2D eigenvalue weighted by molar-refractivity contribution is 5.87. The Kier molecular flexibility index (Phi) is 6.66. The third-order valence-corrected chi connectivity index (χ3v) is 6.29. The average molecular weight is 486 g/mol. The van der Waals surface area contributed by atoms with Crippen molar-refractivity contribution in [3.63, 3.8) is 0 Å². The fraction of sp³-hybridized carbons (Fsp3) is 0.346. The molecule has 4 heterocycles. The topological polar surface area (TPSA) is 106 Å². The molecule has 2 N–H and O–H groups in total. The molecule has 5 rings (SSSR count). The second-order valence-electron chi connectivity index (χ2n) is 9.33. The van der Waals surface area contributed by atoms with Crippen molar-refractivity contribution in [2.24, 2.45) is 0 Å². The van der Waals surface area contributed by atoms with E-state index in [0.29, 0.717) is 30.4 Å². The molecule has 10 nitrogen and oxygen atoms in total. The Hall–Kier alpha value is -4.21. The number of carbonyl (C=O) groups is 1. The molecule has 3 aromatic heterocycles. The Labute approximate surface area is 210 Å². The first-order valence-corrected chi connectivity index (χ1v) is 12.3. The Bertz CT molecular complexity index is 1360. The smallest absolute Gasteiger partial charge is 0.243 e. The lowest BCUT2D eigenvalue weighted by atomic mass is 10.1. The van der Waals surface area contributed by atoms with Crippen molar-refractivity contribution in [2.75, 3.05) is 23.3 Å². The summed E-state index contributed by atoms with van der Waals surface area (Å²) in [5, 5.41) is 10.9. The van der Waals surface area contributed by atoms with E-state index in [1.54, 1.807) is 12.5 Å². The van der Waals surface area contributed by atoms with Crippen LogP contribution < -0.4 is 15.5 Å². The quantitative estimate of drug-likeness (QED) is 0.367. The molecule has 1 atom stereocenters. The van der Waals surface area contributed by atoms with E-state index in [0.717, 1.165) is 30.7 Å². The molecule has 0 aliphatic carbocycles. The minimum atomic E-state index is -0.161. The van der Waals surface area contributed by atoms with E-state index in [1.807, 2.05) is 33.6 Å². The van der Waals surface area contributed by atoms with E-state index in [2.05, 4.69) is 58.2 Å². The van der Waals surface area contributed by atoms with Gasteiger partial charge < -0.3 is 20.1 Å². The molecule has 1 fully saturated rings. The Morgan fingerprint density at radius 1 is 1.25 bits per heavy atom. The number of rotatable bonds is 8. The highest BCUT2D eigenvalue weighted by atomic mass is 16.1. The largest absolute Gasteiger partial charge is 0.348 e. The van der Waals surface area contributed by atoms with Crippen LogP contribution in [0.1, 0.15) is 38.3 Å². The van der Waals surface area contributed by atoms with Crippen LogP contribution in [0.25, 0.3) is 11.2 Å². The minimum Gasteiger partial charge on any atom is -0.348 e. The van der Waals surface area contributed by atoms with Gasteiger partial charge in [0, 0.05) is 31.4 Å². The summed E-state index contributed by atoms with van der Waals surface area (Å²) in [7, 11) is 0. The van der Waals surface area contributed by atoms with Crippen molar-refractivity contribution in [3.8, 4) is 0 Å². The van der Waals surface area contributed by atoms with Gasteiger partial charge >= 0.3 is 0 Å². The van der Waals surface area contributed by atoms with Gasteiger partial charge in [-0.1, -0.05) is 36.9 Å². The first-order valence-electron chi connectivity index (χ1n) is 12.3. The number of imidazole rings is 1. The molecule has 0 unspecified atom stereocenters. The fourth-order valence-electron chi connectivity index (χ4n) is 4.47. The first kappa shape index (κ1) is 23.5. The fourth-order valence-corrected chi connectivity index (χ4v) is 4.47. The first-order chi connectivity index (χ1) is 17.5. The van der Waals surface area contributed by atoms with Crippen molar-refractivity contribution in [3.05, 3.63) is 67.3 Å². The number of carbonyl (C=O) groups excluding carboxylic acids is 1. The van der Waals surface area contributed by atoms with Crippen molar-refractivity contribution >= 4 is 34.5 Å². The van der Waals surface area contributed by atoms with E-state index in [4.69, 9.17) is 9.97 Å². The lowest BCUT2D eigenvalue weighted by Gasteiger charge is -2.33. The zero-order valence-electron chi connectivity index (χ0n) is 20.6. The highest BCUT2D eigenvalue weighted by Crippen LogP contribution is 2.28. The summed E-state index contributed by atoms with van der Waals surface area (Å²) in [5.74, 6) is 1.08. The van der Waals surface area contributed by atoms with E-state index < -0.39 is 0 Å². The molecule has 4 aromatic rings. The number of fused-ring (bicyclic) bond motifs is 1. The zero-order valence-corrected chi connectivity index (χ0v) is 20.6. The van der Waals surface area contributed by atoms with Gasteiger partial charge in [0.2, 0.25) is 11.9 Å². The van der Waals surface area contributed by atoms with Crippen LogP contribution in [-0.4, -0.2) is 54.3 Å². The third kappa shape index (κ3) is 5.07. The number of nitrogens with one attached hydrogen (secondary N) is 2. The maximum atomic E-state index is 11.8. The molecule has 1 aliphatic rings. The second kappa shape index (κ2) is 10.2. The number of piperidine rings is 1. The number of anilines is 3. The molecular weight excluding hydrogens is 454 g/mol. The van der Waals surface area contributed by atoms with Gasteiger partial charge in [-0.05, 0) is 38.3 Å². The third-order valence-electron chi connectivity index (χ3n) is 6.29. The van der Waals surface area contributed by atoms with Crippen LogP contribution in [0.3, 0.4) is 0 Å². The highest BCUT2D eigenvalue weighted by Gasteiger charge is 2.25. The van der Waals surface area contributed by atoms with Crippen LogP contribution >= 0.6 is 0 Å². The van der Waals surface area contributed by atoms with Crippen LogP contribution in [0.15, 0.2) is 61.7 Å². The molecule has 0 bridgehead atoms. The Morgan fingerprint density at radius 2 is 2.08 bits per heavy atom. The Balaban J connectivity index is 1.44. The normalized spacial score (nSPS) is 15.9.